The van der Waals surface area contributed by atoms with E-state index in [1.54, 1.807) is 4.90 Å². The summed E-state index contributed by atoms with van der Waals surface area (Å²) in [7, 11) is 1.48. The van der Waals surface area contributed by atoms with Gasteiger partial charge in [0.05, 0.1) is 0 Å². The normalized spacial score (nSPS) is 18.4. The maximum Gasteiger partial charge on any atom is 0.245 e. The number of nitrogens with zero attached hydrogens (tertiary/aromatic N) is 1. The van der Waals surface area contributed by atoms with Crippen LogP contribution in [0.1, 0.15) is 12.0 Å². The van der Waals surface area contributed by atoms with Gasteiger partial charge in [0.1, 0.15) is 6.61 Å². The van der Waals surface area contributed by atoms with Crippen LogP contribution in [-0.2, 0) is 14.3 Å². The number of methoxy groups -OCH3 is 1. The van der Waals surface area contributed by atoms with E-state index in [-0.39, 0.29) is 24.3 Å². The van der Waals surface area contributed by atoms with Crippen LogP contribution in [0, 0.1) is 12.8 Å². The van der Waals surface area contributed by atoms with Gasteiger partial charge in [-0.25, -0.2) is 0 Å². The Hall–Kier alpha value is -1.88. The number of amides is 2. The molecule has 1 aromatic rings. The summed E-state index contributed by atoms with van der Waals surface area (Å²) in [4.78, 5) is 25.1. The monoisotopic (exact) mass is 276 g/mol. The molecule has 0 aliphatic carbocycles. The minimum atomic E-state index is -0.145. The van der Waals surface area contributed by atoms with Crippen LogP contribution in [0.25, 0.3) is 0 Å². The van der Waals surface area contributed by atoms with Crippen molar-refractivity contribution in [2.75, 3.05) is 31.7 Å². The van der Waals surface area contributed by atoms with Crippen LogP contribution in [0.4, 0.5) is 5.69 Å². The third-order valence-electron chi connectivity index (χ3n) is 3.41. The van der Waals surface area contributed by atoms with Crippen LogP contribution >= 0.6 is 0 Å². The molecule has 5 heteroatoms. The SMILES string of the molecule is COCC(=O)NC[C@H]1CC(=O)N(c2ccc(C)cc2)C1. The Kier molecular flexibility index (Phi) is 4.74. The number of hydrogen-bond donors (Lipinski definition) is 1. The number of rotatable bonds is 5. The molecule has 0 bridgehead atoms. The third-order valence-corrected chi connectivity index (χ3v) is 3.41. The van der Waals surface area contributed by atoms with Gasteiger partial charge in [0.2, 0.25) is 11.8 Å². The zero-order valence-corrected chi connectivity index (χ0v) is 11.9. The van der Waals surface area contributed by atoms with Gasteiger partial charge in [-0.3, -0.25) is 9.59 Å². The lowest BCUT2D eigenvalue weighted by atomic mass is 10.1. The maximum absolute atomic E-state index is 12.0. The number of nitrogens with one attached hydrogen (secondary N) is 1. The fraction of sp³-hybridized carbons (Fsp3) is 0.467. The summed E-state index contributed by atoms with van der Waals surface area (Å²) in [5, 5.41) is 2.78. The highest BCUT2D eigenvalue weighted by Crippen LogP contribution is 2.24. The fourth-order valence-corrected chi connectivity index (χ4v) is 2.33. The minimum Gasteiger partial charge on any atom is -0.375 e. The average Bonchev–Trinajstić information content (AvgIpc) is 2.79. The van der Waals surface area contributed by atoms with Gasteiger partial charge in [-0.2, -0.15) is 0 Å². The van der Waals surface area contributed by atoms with E-state index in [9.17, 15) is 9.59 Å². The van der Waals surface area contributed by atoms with Crippen molar-refractivity contribution in [3.05, 3.63) is 29.8 Å². The van der Waals surface area contributed by atoms with E-state index < -0.39 is 0 Å². The van der Waals surface area contributed by atoms with Crippen LogP contribution in [0.5, 0.6) is 0 Å². The number of benzene rings is 1. The number of aryl methyl sites for hydroxylation is 1. The molecule has 20 heavy (non-hydrogen) atoms. The molecule has 108 valence electrons. The Morgan fingerprint density at radius 1 is 1.40 bits per heavy atom. The molecule has 0 unspecified atom stereocenters. The van der Waals surface area contributed by atoms with Crippen molar-refractivity contribution < 1.29 is 14.3 Å². The van der Waals surface area contributed by atoms with E-state index in [1.807, 2.05) is 31.2 Å². The first-order valence-corrected chi connectivity index (χ1v) is 6.73. The van der Waals surface area contributed by atoms with Gasteiger partial charge in [-0.15, -0.1) is 0 Å². The number of carbonyl (C=O) groups excluding carboxylic acids is 2. The van der Waals surface area contributed by atoms with E-state index in [2.05, 4.69) is 5.32 Å². The second-order valence-corrected chi connectivity index (χ2v) is 5.15. The predicted octanol–water partition coefficient (Wildman–Crippen LogP) is 1.11. The molecule has 0 spiro atoms. The summed E-state index contributed by atoms with van der Waals surface area (Å²) >= 11 is 0. The molecule has 1 aromatic carbocycles. The maximum atomic E-state index is 12.0. The van der Waals surface area contributed by atoms with Crippen molar-refractivity contribution in [2.45, 2.75) is 13.3 Å². The first-order chi connectivity index (χ1) is 9.60. The number of carbonyl (C=O) groups is 2. The first-order valence-electron chi connectivity index (χ1n) is 6.73. The van der Waals surface area contributed by atoms with Crippen LogP contribution in [0.2, 0.25) is 0 Å². The summed E-state index contributed by atoms with van der Waals surface area (Å²) < 4.78 is 4.75. The average molecular weight is 276 g/mol. The van der Waals surface area contributed by atoms with Gasteiger partial charge >= 0.3 is 0 Å². The second-order valence-electron chi connectivity index (χ2n) is 5.15. The standard InChI is InChI=1S/C15H20N2O3/c1-11-3-5-13(6-4-11)17-9-12(7-15(17)19)8-16-14(18)10-20-2/h3-6,12H,7-10H2,1-2H3,(H,16,18)/t12-/m1/s1. The summed E-state index contributed by atoms with van der Waals surface area (Å²) in [5.74, 6) is 0.123. The molecular weight excluding hydrogens is 256 g/mol. The molecule has 1 fully saturated rings. The fourth-order valence-electron chi connectivity index (χ4n) is 2.33. The Labute approximate surface area is 118 Å². The molecule has 0 aromatic heterocycles. The predicted molar refractivity (Wildman–Crippen MR) is 76.5 cm³/mol. The molecule has 1 heterocycles. The Balaban J connectivity index is 1.90. The number of hydrogen-bond acceptors (Lipinski definition) is 3. The Bertz CT molecular complexity index is 484. The van der Waals surface area contributed by atoms with Crippen molar-refractivity contribution in [3.63, 3.8) is 0 Å². The highest BCUT2D eigenvalue weighted by molar-refractivity contribution is 5.95. The highest BCUT2D eigenvalue weighted by Gasteiger charge is 2.30. The molecule has 1 aliphatic rings. The van der Waals surface area contributed by atoms with Crippen molar-refractivity contribution >= 4 is 17.5 Å². The lowest BCUT2D eigenvalue weighted by molar-refractivity contribution is -0.125. The smallest absolute Gasteiger partial charge is 0.245 e. The molecule has 5 nitrogen and oxygen atoms in total. The molecule has 0 saturated carbocycles. The van der Waals surface area contributed by atoms with Crippen LogP contribution < -0.4 is 10.2 Å². The topological polar surface area (TPSA) is 58.6 Å². The van der Waals surface area contributed by atoms with Crippen molar-refractivity contribution in [3.8, 4) is 0 Å². The first kappa shape index (κ1) is 14.5. The molecule has 1 atom stereocenters. The second kappa shape index (κ2) is 6.52. The quantitative estimate of drug-likeness (QED) is 0.876. The van der Waals surface area contributed by atoms with E-state index >= 15 is 0 Å². The molecule has 0 radical (unpaired) electrons. The Morgan fingerprint density at radius 3 is 2.75 bits per heavy atom. The van der Waals surface area contributed by atoms with Crippen molar-refractivity contribution in [1.82, 2.24) is 5.32 Å². The molecular formula is C15H20N2O3. The number of anilines is 1. The lowest BCUT2D eigenvalue weighted by Gasteiger charge is -2.17. The summed E-state index contributed by atoms with van der Waals surface area (Å²) in [6.45, 7) is 3.23. The van der Waals surface area contributed by atoms with Crippen molar-refractivity contribution in [2.24, 2.45) is 5.92 Å². The van der Waals surface area contributed by atoms with E-state index in [0.717, 1.165) is 5.69 Å². The van der Waals surface area contributed by atoms with Gasteiger partial charge in [0.25, 0.3) is 0 Å². The minimum absolute atomic E-state index is 0.0579. The van der Waals surface area contributed by atoms with Crippen LogP contribution in [-0.4, -0.2) is 38.6 Å². The largest absolute Gasteiger partial charge is 0.375 e. The van der Waals surface area contributed by atoms with Gasteiger partial charge < -0.3 is 15.0 Å². The molecule has 1 saturated heterocycles. The van der Waals surface area contributed by atoms with Crippen LogP contribution in [0.15, 0.2) is 24.3 Å². The van der Waals surface area contributed by atoms with Crippen molar-refractivity contribution in [1.29, 1.82) is 0 Å². The molecule has 2 amide bonds. The van der Waals surface area contributed by atoms with Gasteiger partial charge in [0.15, 0.2) is 0 Å². The van der Waals surface area contributed by atoms with Gasteiger partial charge in [-0.1, -0.05) is 17.7 Å². The van der Waals surface area contributed by atoms with Gasteiger partial charge in [-0.05, 0) is 19.1 Å². The molecule has 1 aliphatic heterocycles. The van der Waals surface area contributed by atoms with E-state index in [4.69, 9.17) is 4.74 Å². The summed E-state index contributed by atoms with van der Waals surface area (Å²) in [6, 6.07) is 7.91. The third kappa shape index (κ3) is 3.57. The zero-order valence-electron chi connectivity index (χ0n) is 11.9. The highest BCUT2D eigenvalue weighted by atomic mass is 16.5. The summed E-state index contributed by atoms with van der Waals surface area (Å²) in [6.07, 6.45) is 0.473. The molecule has 1 N–H and O–H groups in total. The zero-order chi connectivity index (χ0) is 14.5. The van der Waals surface area contributed by atoms with Crippen LogP contribution in [0.3, 0.4) is 0 Å². The van der Waals surface area contributed by atoms with Gasteiger partial charge in [0, 0.05) is 38.2 Å². The van der Waals surface area contributed by atoms with E-state index in [1.165, 1.54) is 12.7 Å². The number of ether oxygens (including phenoxy) is 1. The molecule has 2 rings (SSSR count). The Morgan fingerprint density at radius 2 is 2.10 bits per heavy atom. The summed E-state index contributed by atoms with van der Waals surface area (Å²) in [5.41, 5.74) is 2.09. The van der Waals surface area contributed by atoms with E-state index in [0.29, 0.717) is 19.5 Å². The lowest BCUT2D eigenvalue weighted by Crippen LogP contribution is -2.33.